The maximum absolute atomic E-state index is 6.40. The molecular weight excluding hydrogens is 426 g/mol. The Kier molecular flexibility index (Phi) is 6.44. The van der Waals surface area contributed by atoms with E-state index in [9.17, 15) is 0 Å². The average molecular weight is 456 g/mol. The standard InChI is InChI=1S/C27H29N5O2/c1-32-18-22(16-31-32)21-14-24-27(30-15-21)34-25(17-29-24)26(20-6-4-3-5-7-20)28-13-12-19-8-10-23(33-2)11-9-19/h3-11,14-16,18,25-26,28-29H,12-13,17H2,1-2H3/t25-,26+/m0/s1. The van der Waals surface area contributed by atoms with E-state index >= 15 is 0 Å². The quantitative estimate of drug-likeness (QED) is 0.414. The van der Waals surface area contributed by atoms with Crippen LogP contribution >= 0.6 is 0 Å². The number of hydrogen-bond donors (Lipinski definition) is 2. The molecule has 0 saturated heterocycles. The number of fused-ring (bicyclic) bond motifs is 1. The van der Waals surface area contributed by atoms with Gasteiger partial charge in [0.15, 0.2) is 0 Å². The van der Waals surface area contributed by atoms with Crippen molar-refractivity contribution in [3.05, 3.63) is 90.4 Å². The second kappa shape index (κ2) is 9.97. The summed E-state index contributed by atoms with van der Waals surface area (Å²) in [6, 6.07) is 20.8. The fraction of sp³-hybridized carbons (Fsp3) is 0.259. The van der Waals surface area contributed by atoms with Crippen LogP contribution in [0.5, 0.6) is 11.6 Å². The first-order valence-corrected chi connectivity index (χ1v) is 11.5. The molecule has 2 aromatic carbocycles. The van der Waals surface area contributed by atoms with Crippen LogP contribution in [0, 0.1) is 0 Å². The van der Waals surface area contributed by atoms with Crippen molar-refractivity contribution in [2.45, 2.75) is 18.6 Å². The van der Waals surface area contributed by atoms with Gasteiger partial charge in [-0.2, -0.15) is 5.10 Å². The summed E-state index contributed by atoms with van der Waals surface area (Å²) in [5, 5.41) is 11.5. The van der Waals surface area contributed by atoms with Gasteiger partial charge in [-0.1, -0.05) is 42.5 Å². The number of pyridine rings is 1. The molecule has 0 amide bonds. The highest BCUT2D eigenvalue weighted by Gasteiger charge is 2.29. The van der Waals surface area contributed by atoms with E-state index in [0.717, 1.165) is 35.5 Å². The van der Waals surface area contributed by atoms with E-state index < -0.39 is 0 Å². The zero-order valence-corrected chi connectivity index (χ0v) is 19.4. The number of anilines is 1. The summed E-state index contributed by atoms with van der Waals surface area (Å²) < 4.78 is 13.5. The van der Waals surface area contributed by atoms with Gasteiger partial charge in [-0.25, -0.2) is 4.98 Å². The molecule has 0 unspecified atom stereocenters. The molecule has 0 saturated carbocycles. The second-order valence-electron chi connectivity index (χ2n) is 8.46. The summed E-state index contributed by atoms with van der Waals surface area (Å²) in [7, 11) is 3.60. The number of aromatic nitrogens is 3. The maximum Gasteiger partial charge on any atom is 0.237 e. The van der Waals surface area contributed by atoms with Crippen molar-refractivity contribution in [3.8, 4) is 22.8 Å². The summed E-state index contributed by atoms with van der Waals surface area (Å²) in [5.74, 6) is 1.50. The van der Waals surface area contributed by atoms with Crippen molar-refractivity contribution in [1.29, 1.82) is 0 Å². The highest BCUT2D eigenvalue weighted by atomic mass is 16.5. The van der Waals surface area contributed by atoms with Gasteiger partial charge in [-0.15, -0.1) is 0 Å². The SMILES string of the molecule is COc1ccc(CCN[C@H](c2ccccc2)[C@@H]2CNc3cc(-c4cnn(C)c4)cnc3O2)cc1. The molecule has 2 aromatic heterocycles. The molecular formula is C27H29N5O2. The topological polar surface area (TPSA) is 73.2 Å². The minimum Gasteiger partial charge on any atom is -0.497 e. The number of aryl methyl sites for hydroxylation is 1. The van der Waals surface area contributed by atoms with Crippen molar-refractivity contribution in [2.24, 2.45) is 7.05 Å². The smallest absolute Gasteiger partial charge is 0.237 e. The summed E-state index contributed by atoms with van der Waals surface area (Å²) in [6.45, 7) is 1.51. The number of rotatable bonds is 8. The van der Waals surface area contributed by atoms with E-state index in [-0.39, 0.29) is 12.1 Å². The lowest BCUT2D eigenvalue weighted by molar-refractivity contribution is 0.150. The van der Waals surface area contributed by atoms with Crippen LogP contribution in [0.25, 0.3) is 11.1 Å². The Balaban J connectivity index is 1.30. The van der Waals surface area contributed by atoms with Crippen LogP contribution in [0.2, 0.25) is 0 Å². The van der Waals surface area contributed by atoms with Crippen LogP contribution in [0.3, 0.4) is 0 Å². The Morgan fingerprint density at radius 3 is 2.68 bits per heavy atom. The molecule has 7 nitrogen and oxygen atoms in total. The second-order valence-corrected chi connectivity index (χ2v) is 8.46. The minimum absolute atomic E-state index is 0.0277. The van der Waals surface area contributed by atoms with E-state index in [0.29, 0.717) is 12.4 Å². The van der Waals surface area contributed by atoms with E-state index in [2.05, 4.69) is 63.2 Å². The molecule has 3 heterocycles. The lowest BCUT2D eigenvalue weighted by Crippen LogP contribution is -2.43. The first kappa shape index (κ1) is 22.0. The molecule has 174 valence electrons. The lowest BCUT2D eigenvalue weighted by atomic mass is 9.99. The van der Waals surface area contributed by atoms with Crippen molar-refractivity contribution >= 4 is 5.69 Å². The first-order valence-electron chi connectivity index (χ1n) is 11.5. The summed E-state index contributed by atoms with van der Waals surface area (Å²) in [6.07, 6.45) is 6.48. The van der Waals surface area contributed by atoms with E-state index in [4.69, 9.17) is 9.47 Å². The normalized spacial score (nSPS) is 15.6. The first-order chi connectivity index (χ1) is 16.7. The van der Waals surface area contributed by atoms with Crippen molar-refractivity contribution in [3.63, 3.8) is 0 Å². The van der Waals surface area contributed by atoms with Crippen LogP contribution in [-0.4, -0.2) is 41.1 Å². The lowest BCUT2D eigenvalue weighted by Gasteiger charge is -2.33. The Morgan fingerprint density at radius 2 is 1.94 bits per heavy atom. The van der Waals surface area contributed by atoms with Crippen LogP contribution < -0.4 is 20.1 Å². The van der Waals surface area contributed by atoms with Gasteiger partial charge in [0.05, 0.1) is 31.6 Å². The van der Waals surface area contributed by atoms with Gasteiger partial charge in [0.25, 0.3) is 0 Å². The summed E-state index contributed by atoms with van der Waals surface area (Å²) >= 11 is 0. The molecule has 0 radical (unpaired) electrons. The van der Waals surface area contributed by atoms with Crippen molar-refractivity contribution in [2.75, 3.05) is 25.5 Å². The van der Waals surface area contributed by atoms with E-state index in [1.807, 2.05) is 43.8 Å². The predicted molar refractivity (Wildman–Crippen MR) is 133 cm³/mol. The van der Waals surface area contributed by atoms with Gasteiger partial charge in [-0.05, 0) is 42.3 Å². The summed E-state index contributed by atoms with van der Waals surface area (Å²) in [5.41, 5.74) is 5.41. The highest BCUT2D eigenvalue weighted by molar-refractivity contribution is 5.69. The predicted octanol–water partition coefficient (Wildman–Crippen LogP) is 4.24. The largest absolute Gasteiger partial charge is 0.497 e. The molecule has 2 N–H and O–H groups in total. The minimum atomic E-state index is -0.0949. The molecule has 0 fully saturated rings. The zero-order chi connectivity index (χ0) is 23.3. The number of benzene rings is 2. The number of nitrogens with zero attached hydrogens (tertiary/aromatic N) is 3. The maximum atomic E-state index is 6.40. The Hall–Kier alpha value is -3.84. The molecule has 1 aliphatic rings. The molecule has 5 rings (SSSR count). The number of methoxy groups -OCH3 is 1. The van der Waals surface area contributed by atoms with Gasteiger partial charge < -0.3 is 20.1 Å². The Labute approximate surface area is 199 Å². The third-order valence-corrected chi connectivity index (χ3v) is 6.11. The number of nitrogens with one attached hydrogen (secondary N) is 2. The highest BCUT2D eigenvalue weighted by Crippen LogP contribution is 2.34. The number of ether oxygens (including phenoxy) is 2. The third kappa shape index (κ3) is 4.89. The van der Waals surface area contributed by atoms with Crippen LogP contribution in [-0.2, 0) is 13.5 Å². The van der Waals surface area contributed by atoms with Crippen molar-refractivity contribution < 1.29 is 9.47 Å². The molecule has 4 aromatic rings. The van der Waals surface area contributed by atoms with E-state index in [1.165, 1.54) is 11.1 Å². The van der Waals surface area contributed by atoms with Gasteiger partial charge >= 0.3 is 0 Å². The van der Waals surface area contributed by atoms with Crippen LogP contribution in [0.4, 0.5) is 5.69 Å². The van der Waals surface area contributed by atoms with Gasteiger partial charge in [0.1, 0.15) is 11.9 Å². The Morgan fingerprint density at radius 1 is 1.12 bits per heavy atom. The van der Waals surface area contributed by atoms with Crippen LogP contribution in [0.1, 0.15) is 17.2 Å². The average Bonchev–Trinajstić information content (AvgIpc) is 3.33. The van der Waals surface area contributed by atoms with E-state index in [1.54, 1.807) is 11.8 Å². The van der Waals surface area contributed by atoms with Crippen molar-refractivity contribution in [1.82, 2.24) is 20.1 Å². The molecule has 34 heavy (non-hydrogen) atoms. The van der Waals surface area contributed by atoms with Gasteiger partial charge in [-0.3, -0.25) is 4.68 Å². The molecule has 1 aliphatic heterocycles. The zero-order valence-electron chi connectivity index (χ0n) is 19.4. The van der Waals surface area contributed by atoms with Gasteiger partial charge in [0, 0.05) is 30.6 Å². The molecule has 0 bridgehead atoms. The Bertz CT molecular complexity index is 1220. The van der Waals surface area contributed by atoms with Crippen LogP contribution in [0.15, 0.2) is 79.3 Å². The third-order valence-electron chi connectivity index (χ3n) is 6.11. The van der Waals surface area contributed by atoms with Gasteiger partial charge in [0.2, 0.25) is 5.88 Å². The molecule has 2 atom stereocenters. The molecule has 0 spiro atoms. The fourth-order valence-electron chi connectivity index (χ4n) is 4.27. The monoisotopic (exact) mass is 455 g/mol. The summed E-state index contributed by atoms with van der Waals surface area (Å²) in [4.78, 5) is 4.61. The fourth-order valence-corrected chi connectivity index (χ4v) is 4.27. The molecule has 7 heteroatoms. The molecule has 0 aliphatic carbocycles. The number of hydrogen-bond acceptors (Lipinski definition) is 6.